The highest BCUT2D eigenvalue weighted by atomic mass is 35.5. The van der Waals surface area contributed by atoms with E-state index in [-0.39, 0.29) is 27.2 Å². The van der Waals surface area contributed by atoms with E-state index >= 15 is 0 Å². The zero-order valence-electron chi connectivity index (χ0n) is 15.7. The third kappa shape index (κ3) is 4.78. The smallest absolute Gasteiger partial charge is 0.417 e. The Balaban J connectivity index is 1.96. The van der Waals surface area contributed by atoms with Crippen LogP contribution in [0.4, 0.5) is 32.4 Å². The topological polar surface area (TPSA) is 85.5 Å². The minimum atomic E-state index is -4.60. The summed E-state index contributed by atoms with van der Waals surface area (Å²) in [6.07, 6.45) is -4.07. The molecule has 3 amide bonds. The van der Waals surface area contributed by atoms with Crippen LogP contribution in [-0.4, -0.2) is 16.9 Å². The van der Waals surface area contributed by atoms with Crippen LogP contribution in [0.5, 0.6) is 11.6 Å². The van der Waals surface area contributed by atoms with Gasteiger partial charge in [-0.25, -0.2) is 23.5 Å². The molecule has 0 bridgehead atoms. The van der Waals surface area contributed by atoms with Crippen molar-refractivity contribution in [3.05, 3.63) is 82.5 Å². The van der Waals surface area contributed by atoms with Crippen molar-refractivity contribution in [3.63, 3.8) is 0 Å². The highest BCUT2D eigenvalue weighted by molar-refractivity contribution is 6.32. The second-order valence-electron chi connectivity index (χ2n) is 6.18. The summed E-state index contributed by atoms with van der Waals surface area (Å²) >= 11 is 6.01. The second-order valence-corrected chi connectivity index (χ2v) is 6.58. The largest absolute Gasteiger partial charge is 0.437 e. The summed E-state index contributed by atoms with van der Waals surface area (Å²) in [6, 6.07) is 6.32. The third-order valence-electron chi connectivity index (χ3n) is 4.05. The Morgan fingerprint density at radius 1 is 1.03 bits per heavy atom. The molecule has 0 aliphatic rings. The van der Waals surface area contributed by atoms with Gasteiger partial charge in [0, 0.05) is 18.3 Å². The number of halogens is 6. The molecular formula is C20H11ClF5N3O3. The monoisotopic (exact) mass is 471 g/mol. The molecule has 0 atom stereocenters. The molecule has 3 rings (SSSR count). The van der Waals surface area contributed by atoms with Gasteiger partial charge in [0.2, 0.25) is 5.88 Å². The van der Waals surface area contributed by atoms with Gasteiger partial charge in [-0.15, -0.1) is 0 Å². The Morgan fingerprint density at radius 2 is 1.69 bits per heavy atom. The van der Waals surface area contributed by atoms with Crippen molar-refractivity contribution in [2.75, 3.05) is 4.90 Å². The molecule has 0 aliphatic carbocycles. The lowest BCUT2D eigenvalue weighted by molar-refractivity contribution is -0.137. The van der Waals surface area contributed by atoms with Gasteiger partial charge in [-0.2, -0.15) is 13.2 Å². The zero-order valence-corrected chi connectivity index (χ0v) is 16.4. The molecular weight excluding hydrogens is 461 g/mol. The summed E-state index contributed by atoms with van der Waals surface area (Å²) in [5.74, 6) is -4.34. The van der Waals surface area contributed by atoms with E-state index in [4.69, 9.17) is 22.1 Å². The molecule has 12 heteroatoms. The van der Waals surface area contributed by atoms with Crippen LogP contribution in [0.1, 0.15) is 15.9 Å². The van der Waals surface area contributed by atoms with E-state index in [2.05, 4.69) is 4.98 Å². The number of primary amides is 1. The lowest BCUT2D eigenvalue weighted by Crippen LogP contribution is -2.41. The number of urea groups is 1. The first-order valence-corrected chi connectivity index (χ1v) is 8.95. The van der Waals surface area contributed by atoms with Gasteiger partial charge < -0.3 is 10.5 Å². The van der Waals surface area contributed by atoms with Crippen LogP contribution < -0.4 is 15.4 Å². The van der Waals surface area contributed by atoms with Gasteiger partial charge in [0.25, 0.3) is 5.91 Å². The summed E-state index contributed by atoms with van der Waals surface area (Å²) in [5, 5.41) is -0.0654. The number of imide groups is 1. The average molecular weight is 472 g/mol. The number of amides is 3. The summed E-state index contributed by atoms with van der Waals surface area (Å²) < 4.78 is 71.4. The van der Waals surface area contributed by atoms with Crippen molar-refractivity contribution < 1.29 is 36.3 Å². The van der Waals surface area contributed by atoms with Crippen LogP contribution in [-0.2, 0) is 6.18 Å². The maximum atomic E-state index is 14.0. The Hall–Kier alpha value is -3.73. The standard InChI is InChI=1S/C20H11ClF5N3O3/c21-12-6-5-11(8-15(12)32-16-7-4-10(9-28-16)20(24,25)26)29(19(27)31)18(30)17-13(22)2-1-3-14(17)23/h1-9H,(H2,27,31). The van der Waals surface area contributed by atoms with E-state index in [0.29, 0.717) is 6.20 Å². The van der Waals surface area contributed by atoms with Gasteiger partial charge in [0.15, 0.2) is 0 Å². The minimum absolute atomic E-state index is 0.0654. The zero-order chi connectivity index (χ0) is 23.6. The fourth-order valence-electron chi connectivity index (χ4n) is 2.59. The van der Waals surface area contributed by atoms with Gasteiger partial charge in [-0.3, -0.25) is 4.79 Å². The Kier molecular flexibility index (Phi) is 6.30. The van der Waals surface area contributed by atoms with Crippen LogP contribution >= 0.6 is 11.6 Å². The fraction of sp³-hybridized carbons (Fsp3) is 0.0500. The van der Waals surface area contributed by atoms with E-state index in [0.717, 1.165) is 42.5 Å². The quantitative estimate of drug-likeness (QED) is 0.505. The molecule has 0 saturated heterocycles. The molecule has 0 aliphatic heterocycles. The number of carbonyl (C=O) groups is 2. The van der Waals surface area contributed by atoms with Crippen molar-refractivity contribution >= 4 is 29.2 Å². The predicted molar refractivity (Wildman–Crippen MR) is 104 cm³/mol. The summed E-state index contributed by atoms with van der Waals surface area (Å²) in [6.45, 7) is 0. The number of ether oxygens (including phenoxy) is 1. The number of alkyl halides is 3. The number of nitrogens with two attached hydrogens (primary N) is 1. The number of nitrogens with zero attached hydrogens (tertiary/aromatic N) is 2. The van der Waals surface area contributed by atoms with Crippen LogP contribution in [0.25, 0.3) is 0 Å². The molecule has 1 heterocycles. The second kappa shape index (κ2) is 8.79. The molecule has 32 heavy (non-hydrogen) atoms. The third-order valence-corrected chi connectivity index (χ3v) is 4.36. The first-order valence-electron chi connectivity index (χ1n) is 8.57. The van der Waals surface area contributed by atoms with Gasteiger partial charge >= 0.3 is 12.2 Å². The van der Waals surface area contributed by atoms with Crippen molar-refractivity contribution in [1.29, 1.82) is 0 Å². The van der Waals surface area contributed by atoms with Gasteiger partial charge in [0.1, 0.15) is 22.9 Å². The van der Waals surface area contributed by atoms with E-state index in [1.54, 1.807) is 0 Å². The summed E-state index contributed by atoms with van der Waals surface area (Å²) in [7, 11) is 0. The number of benzene rings is 2. The molecule has 0 unspecified atom stereocenters. The molecule has 2 N–H and O–H groups in total. The number of rotatable bonds is 4. The van der Waals surface area contributed by atoms with Crippen LogP contribution in [0.3, 0.4) is 0 Å². The van der Waals surface area contributed by atoms with Crippen LogP contribution in [0.15, 0.2) is 54.7 Å². The lowest BCUT2D eigenvalue weighted by atomic mass is 10.1. The number of pyridine rings is 1. The SMILES string of the molecule is NC(=O)N(C(=O)c1c(F)cccc1F)c1ccc(Cl)c(Oc2ccc(C(F)(F)F)cn2)c1. The molecule has 0 saturated carbocycles. The highest BCUT2D eigenvalue weighted by Gasteiger charge is 2.31. The Bertz CT molecular complexity index is 1170. The van der Waals surface area contributed by atoms with Gasteiger partial charge in [-0.1, -0.05) is 17.7 Å². The van der Waals surface area contributed by atoms with E-state index in [9.17, 15) is 31.5 Å². The molecule has 3 aromatic rings. The lowest BCUT2D eigenvalue weighted by Gasteiger charge is -2.20. The number of anilines is 1. The normalized spacial score (nSPS) is 11.2. The Labute approximate surface area is 182 Å². The van der Waals surface area contributed by atoms with Gasteiger partial charge in [0.05, 0.1) is 16.3 Å². The average Bonchev–Trinajstić information content (AvgIpc) is 2.70. The number of aromatic nitrogens is 1. The minimum Gasteiger partial charge on any atom is -0.437 e. The fourth-order valence-corrected chi connectivity index (χ4v) is 2.74. The molecule has 0 spiro atoms. The number of hydrogen-bond donors (Lipinski definition) is 1. The summed E-state index contributed by atoms with van der Waals surface area (Å²) in [5.41, 5.74) is 2.93. The molecule has 1 aromatic heterocycles. The van der Waals surface area contributed by atoms with Crippen molar-refractivity contribution in [2.45, 2.75) is 6.18 Å². The Morgan fingerprint density at radius 3 is 2.22 bits per heavy atom. The molecule has 0 fully saturated rings. The van der Waals surface area contributed by atoms with Crippen molar-refractivity contribution in [1.82, 2.24) is 4.98 Å². The maximum absolute atomic E-state index is 14.0. The first kappa shape index (κ1) is 22.9. The van der Waals surface area contributed by atoms with Crippen LogP contribution in [0, 0.1) is 11.6 Å². The van der Waals surface area contributed by atoms with Crippen molar-refractivity contribution in [3.8, 4) is 11.6 Å². The number of hydrogen-bond acceptors (Lipinski definition) is 4. The van der Waals surface area contributed by atoms with Crippen LogP contribution in [0.2, 0.25) is 5.02 Å². The molecule has 166 valence electrons. The molecule has 2 aromatic carbocycles. The molecule has 6 nitrogen and oxygen atoms in total. The number of carbonyl (C=O) groups excluding carboxylic acids is 2. The van der Waals surface area contributed by atoms with E-state index in [1.165, 1.54) is 6.07 Å². The maximum Gasteiger partial charge on any atom is 0.417 e. The van der Waals surface area contributed by atoms with E-state index in [1.807, 2.05) is 0 Å². The predicted octanol–water partition coefficient (Wildman–Crippen LogP) is 5.55. The van der Waals surface area contributed by atoms with Crippen molar-refractivity contribution in [2.24, 2.45) is 5.73 Å². The highest BCUT2D eigenvalue weighted by Crippen LogP contribution is 2.35. The molecule has 0 radical (unpaired) electrons. The first-order chi connectivity index (χ1) is 15.0. The van der Waals surface area contributed by atoms with Gasteiger partial charge in [-0.05, 0) is 30.3 Å². The summed E-state index contributed by atoms with van der Waals surface area (Å²) in [4.78, 5) is 28.4. The van der Waals surface area contributed by atoms with E-state index < -0.39 is 40.9 Å².